The topological polar surface area (TPSA) is 66.0 Å². The molecule has 0 atom stereocenters. The summed E-state index contributed by atoms with van der Waals surface area (Å²) in [5.74, 6) is -3.42. The molecule has 0 radical (unpaired) electrons. The van der Waals surface area contributed by atoms with Gasteiger partial charge in [0.2, 0.25) is 5.82 Å². The minimum Gasteiger partial charge on any atom is -0.475 e. The van der Waals surface area contributed by atoms with Crippen LogP contribution in [0.1, 0.15) is 10.6 Å². The summed E-state index contributed by atoms with van der Waals surface area (Å²) < 4.78 is 25.6. The maximum absolute atomic E-state index is 12.9. The van der Waals surface area contributed by atoms with Gasteiger partial charge >= 0.3 is 5.97 Å². The minimum absolute atomic E-state index is 0.250. The lowest BCUT2D eigenvalue weighted by atomic mass is 10.1. The van der Waals surface area contributed by atoms with E-state index in [4.69, 9.17) is 5.11 Å². The van der Waals surface area contributed by atoms with Crippen LogP contribution in [0.3, 0.4) is 0 Å². The van der Waals surface area contributed by atoms with Gasteiger partial charge in [-0.2, -0.15) is 0 Å². The summed E-state index contributed by atoms with van der Waals surface area (Å²) in [5, 5.41) is 8.62. The van der Waals surface area contributed by atoms with E-state index in [1.165, 1.54) is 12.3 Å². The summed E-state index contributed by atoms with van der Waals surface area (Å²) in [6.45, 7) is 0. The van der Waals surface area contributed by atoms with Crippen LogP contribution in [0.4, 0.5) is 8.78 Å². The van der Waals surface area contributed by atoms with E-state index in [0.29, 0.717) is 11.3 Å². The Morgan fingerprint density at radius 2 is 2.06 bits per heavy atom. The molecule has 0 spiro atoms. The smallest absolute Gasteiger partial charge is 0.371 e. The number of H-pyrrole nitrogens is 1. The van der Waals surface area contributed by atoms with Crippen LogP contribution in [-0.4, -0.2) is 21.0 Å². The number of nitrogens with one attached hydrogen (secondary N) is 1. The quantitative estimate of drug-likeness (QED) is 0.820. The highest BCUT2D eigenvalue weighted by Crippen LogP contribution is 2.19. The van der Waals surface area contributed by atoms with E-state index in [1.807, 2.05) is 0 Å². The summed E-state index contributed by atoms with van der Waals surface area (Å²) in [6.07, 6.45) is 1.25. The molecular formula is C10H6F2N2O2. The summed E-state index contributed by atoms with van der Waals surface area (Å²) in [5.41, 5.74) is 0.648. The lowest BCUT2D eigenvalue weighted by Gasteiger charge is -1.98. The molecule has 0 aliphatic heterocycles. The number of aromatic nitrogens is 2. The average molecular weight is 224 g/mol. The number of hydrogen-bond acceptors (Lipinski definition) is 2. The molecule has 0 aliphatic carbocycles. The average Bonchev–Trinajstić information content (AvgIpc) is 2.71. The van der Waals surface area contributed by atoms with E-state index in [1.54, 1.807) is 0 Å². The normalized spacial score (nSPS) is 10.4. The van der Waals surface area contributed by atoms with E-state index in [9.17, 15) is 13.6 Å². The highest BCUT2D eigenvalue weighted by molar-refractivity contribution is 5.84. The Kier molecular flexibility index (Phi) is 2.40. The van der Waals surface area contributed by atoms with Gasteiger partial charge in [-0.25, -0.2) is 18.6 Å². The molecule has 4 nitrogen and oxygen atoms in total. The zero-order valence-electron chi connectivity index (χ0n) is 7.87. The van der Waals surface area contributed by atoms with E-state index in [2.05, 4.69) is 9.97 Å². The van der Waals surface area contributed by atoms with Crippen molar-refractivity contribution in [3.63, 3.8) is 0 Å². The number of benzene rings is 1. The maximum atomic E-state index is 12.9. The molecule has 0 bridgehead atoms. The Morgan fingerprint density at radius 3 is 2.62 bits per heavy atom. The Bertz CT molecular complexity index is 552. The number of halogens is 2. The van der Waals surface area contributed by atoms with Gasteiger partial charge in [0, 0.05) is 5.56 Å². The van der Waals surface area contributed by atoms with Crippen LogP contribution in [0.5, 0.6) is 0 Å². The maximum Gasteiger partial charge on any atom is 0.371 e. The van der Waals surface area contributed by atoms with Crippen LogP contribution >= 0.6 is 0 Å². The summed E-state index contributed by atoms with van der Waals surface area (Å²) in [4.78, 5) is 16.6. The first-order chi connectivity index (χ1) is 7.58. The molecule has 82 valence electrons. The van der Waals surface area contributed by atoms with Gasteiger partial charge in [0.15, 0.2) is 11.6 Å². The van der Waals surface area contributed by atoms with Crippen molar-refractivity contribution in [1.82, 2.24) is 9.97 Å². The lowest BCUT2D eigenvalue weighted by Crippen LogP contribution is -1.98. The van der Waals surface area contributed by atoms with Crippen molar-refractivity contribution in [3.8, 4) is 11.3 Å². The standard InChI is InChI=1S/C10H6F2N2O2/c11-6-2-1-5(3-7(6)12)8-4-13-9(14-8)10(15)16/h1-4H,(H,13,14)(H,15,16). The number of aromatic carboxylic acids is 1. The Morgan fingerprint density at radius 1 is 1.31 bits per heavy atom. The molecule has 6 heteroatoms. The molecular weight excluding hydrogens is 218 g/mol. The van der Waals surface area contributed by atoms with E-state index in [-0.39, 0.29) is 5.82 Å². The van der Waals surface area contributed by atoms with Gasteiger partial charge in [0.25, 0.3) is 0 Å². The predicted octanol–water partition coefficient (Wildman–Crippen LogP) is 2.05. The molecule has 1 aromatic heterocycles. The molecule has 2 aromatic rings. The Balaban J connectivity index is 2.42. The van der Waals surface area contributed by atoms with Crippen molar-refractivity contribution in [2.45, 2.75) is 0 Å². The van der Waals surface area contributed by atoms with Crippen molar-refractivity contribution in [1.29, 1.82) is 0 Å². The van der Waals surface area contributed by atoms with Gasteiger partial charge in [-0.15, -0.1) is 0 Å². The molecule has 1 aromatic carbocycles. The molecule has 0 saturated heterocycles. The van der Waals surface area contributed by atoms with Gasteiger partial charge in [-0.1, -0.05) is 0 Å². The lowest BCUT2D eigenvalue weighted by molar-refractivity contribution is 0.0685. The van der Waals surface area contributed by atoms with Crippen molar-refractivity contribution in [2.75, 3.05) is 0 Å². The molecule has 0 unspecified atom stereocenters. The molecule has 0 saturated carbocycles. The predicted molar refractivity (Wildman–Crippen MR) is 50.9 cm³/mol. The first kappa shape index (κ1) is 10.3. The fourth-order valence-corrected chi connectivity index (χ4v) is 1.24. The zero-order chi connectivity index (χ0) is 11.7. The molecule has 0 fully saturated rings. The highest BCUT2D eigenvalue weighted by Gasteiger charge is 2.10. The fraction of sp³-hybridized carbons (Fsp3) is 0. The van der Waals surface area contributed by atoms with Crippen LogP contribution < -0.4 is 0 Å². The number of nitrogens with zero attached hydrogens (tertiary/aromatic N) is 1. The summed E-state index contributed by atoms with van der Waals surface area (Å²) in [6, 6.07) is 3.26. The molecule has 2 rings (SSSR count). The number of carboxylic acid groups (broad SMARTS) is 1. The molecule has 0 amide bonds. The van der Waals surface area contributed by atoms with Gasteiger partial charge in [0.1, 0.15) is 0 Å². The summed E-state index contributed by atoms with van der Waals surface area (Å²) >= 11 is 0. The second kappa shape index (κ2) is 3.73. The Labute approximate surface area is 88.6 Å². The number of carboxylic acids is 1. The highest BCUT2D eigenvalue weighted by atomic mass is 19.2. The number of hydrogen-bond donors (Lipinski definition) is 2. The Hall–Kier alpha value is -2.24. The third-order valence-electron chi connectivity index (χ3n) is 2.01. The van der Waals surface area contributed by atoms with Gasteiger partial charge in [-0.3, -0.25) is 0 Å². The van der Waals surface area contributed by atoms with Crippen molar-refractivity contribution in [3.05, 3.63) is 41.9 Å². The van der Waals surface area contributed by atoms with Crippen molar-refractivity contribution >= 4 is 5.97 Å². The third-order valence-corrected chi connectivity index (χ3v) is 2.01. The number of carbonyl (C=O) groups is 1. The zero-order valence-corrected chi connectivity index (χ0v) is 7.87. The van der Waals surface area contributed by atoms with Crippen LogP contribution in [0.25, 0.3) is 11.3 Å². The van der Waals surface area contributed by atoms with Crippen LogP contribution in [0, 0.1) is 11.6 Å². The van der Waals surface area contributed by atoms with Gasteiger partial charge in [0.05, 0.1) is 11.9 Å². The molecule has 0 aliphatic rings. The van der Waals surface area contributed by atoms with Crippen LogP contribution in [0.2, 0.25) is 0 Å². The first-order valence-corrected chi connectivity index (χ1v) is 4.31. The third kappa shape index (κ3) is 1.77. The van der Waals surface area contributed by atoms with Gasteiger partial charge < -0.3 is 10.1 Å². The fourth-order valence-electron chi connectivity index (χ4n) is 1.24. The summed E-state index contributed by atoms with van der Waals surface area (Å²) in [7, 11) is 0. The van der Waals surface area contributed by atoms with E-state index < -0.39 is 17.6 Å². The van der Waals surface area contributed by atoms with E-state index >= 15 is 0 Å². The van der Waals surface area contributed by atoms with Crippen molar-refractivity contribution in [2.24, 2.45) is 0 Å². The first-order valence-electron chi connectivity index (χ1n) is 4.31. The molecule has 2 N–H and O–H groups in total. The van der Waals surface area contributed by atoms with Crippen molar-refractivity contribution < 1.29 is 18.7 Å². The number of rotatable bonds is 2. The minimum atomic E-state index is -1.21. The molecule has 16 heavy (non-hydrogen) atoms. The monoisotopic (exact) mass is 224 g/mol. The largest absolute Gasteiger partial charge is 0.475 e. The molecule has 1 heterocycles. The number of aromatic amines is 1. The van der Waals surface area contributed by atoms with E-state index in [0.717, 1.165) is 12.1 Å². The van der Waals surface area contributed by atoms with Crippen LogP contribution in [-0.2, 0) is 0 Å². The van der Waals surface area contributed by atoms with Gasteiger partial charge in [-0.05, 0) is 18.2 Å². The second-order valence-corrected chi connectivity index (χ2v) is 3.08. The number of imidazole rings is 1. The second-order valence-electron chi connectivity index (χ2n) is 3.08. The van der Waals surface area contributed by atoms with Crippen LogP contribution in [0.15, 0.2) is 24.4 Å². The SMILES string of the molecule is O=C(O)c1ncc(-c2ccc(F)c(F)c2)[nH]1.